The third kappa shape index (κ3) is 2.79. The molecule has 2 N–H and O–H groups in total. The van der Waals surface area contributed by atoms with Gasteiger partial charge in [-0.2, -0.15) is 0 Å². The average Bonchev–Trinajstić information content (AvgIpc) is 3.13. The fourth-order valence-electron chi connectivity index (χ4n) is 3.73. The van der Waals surface area contributed by atoms with Crippen molar-refractivity contribution < 1.29 is 9.26 Å². The van der Waals surface area contributed by atoms with Gasteiger partial charge in [0.2, 0.25) is 5.82 Å². The summed E-state index contributed by atoms with van der Waals surface area (Å²) < 4.78 is 9.98. The zero-order valence-corrected chi connectivity index (χ0v) is 15.7. The molecule has 0 saturated heterocycles. The molecule has 0 radical (unpaired) electrons. The maximum atomic E-state index is 11.2. The Morgan fingerprint density at radius 2 is 2.07 bits per heavy atom. The molecule has 5 rings (SSSR count). The standard InChI is InChI=1S/C21H20N4O3/c1-21(8-9-21)18-15(14-7-6-13(27-2)11-17(14)23-18)10-12-4-3-5-16(22-12)19-24-20(26)28-25-19/h3-7,11,23H,8-10H2,1-2H3,(H,24,25,26). The molecular formula is C21H20N4O3. The molecule has 0 aliphatic heterocycles. The van der Waals surface area contributed by atoms with Crippen LogP contribution in [0.15, 0.2) is 45.7 Å². The Hall–Kier alpha value is -3.35. The first-order valence-electron chi connectivity index (χ1n) is 9.27. The van der Waals surface area contributed by atoms with E-state index in [1.54, 1.807) is 13.2 Å². The highest BCUT2D eigenvalue weighted by atomic mass is 16.5. The van der Waals surface area contributed by atoms with Gasteiger partial charge in [0.15, 0.2) is 0 Å². The number of methoxy groups -OCH3 is 1. The number of ether oxygens (including phenoxy) is 1. The smallest absolute Gasteiger partial charge is 0.439 e. The average molecular weight is 376 g/mol. The van der Waals surface area contributed by atoms with E-state index in [4.69, 9.17) is 4.74 Å². The van der Waals surface area contributed by atoms with E-state index >= 15 is 0 Å². The van der Waals surface area contributed by atoms with Gasteiger partial charge >= 0.3 is 5.76 Å². The lowest BCUT2D eigenvalue weighted by Gasteiger charge is -2.11. The van der Waals surface area contributed by atoms with Crippen LogP contribution < -0.4 is 10.5 Å². The van der Waals surface area contributed by atoms with Crippen LogP contribution >= 0.6 is 0 Å². The molecule has 1 aliphatic rings. The van der Waals surface area contributed by atoms with Crippen molar-refractivity contribution in [1.29, 1.82) is 0 Å². The van der Waals surface area contributed by atoms with Gasteiger partial charge < -0.3 is 9.72 Å². The van der Waals surface area contributed by atoms with Crippen LogP contribution in [0.3, 0.4) is 0 Å². The van der Waals surface area contributed by atoms with Gasteiger partial charge in [0.1, 0.15) is 11.4 Å². The largest absolute Gasteiger partial charge is 0.497 e. The van der Waals surface area contributed by atoms with Crippen molar-refractivity contribution in [3.63, 3.8) is 0 Å². The summed E-state index contributed by atoms with van der Waals surface area (Å²) in [5.74, 6) is 0.588. The van der Waals surface area contributed by atoms with Gasteiger partial charge in [-0.3, -0.25) is 9.51 Å². The van der Waals surface area contributed by atoms with Crippen LogP contribution in [-0.4, -0.2) is 27.2 Å². The van der Waals surface area contributed by atoms with Crippen LogP contribution in [0.4, 0.5) is 0 Å². The summed E-state index contributed by atoms with van der Waals surface area (Å²) in [5, 5.41) is 4.92. The summed E-state index contributed by atoms with van der Waals surface area (Å²) in [6.07, 6.45) is 3.04. The Bertz CT molecular complexity index is 1230. The van der Waals surface area contributed by atoms with Gasteiger partial charge in [0, 0.05) is 40.2 Å². The first-order chi connectivity index (χ1) is 13.6. The maximum Gasteiger partial charge on any atom is 0.439 e. The zero-order chi connectivity index (χ0) is 19.3. The number of pyridine rings is 1. The van der Waals surface area contributed by atoms with Crippen molar-refractivity contribution in [3.05, 3.63) is 63.9 Å². The fourth-order valence-corrected chi connectivity index (χ4v) is 3.73. The molecule has 0 atom stereocenters. The predicted octanol–water partition coefficient (Wildman–Crippen LogP) is 3.56. The Labute approximate surface area is 160 Å². The number of rotatable bonds is 5. The van der Waals surface area contributed by atoms with E-state index in [2.05, 4.69) is 37.6 Å². The molecule has 1 fully saturated rings. The van der Waals surface area contributed by atoms with Crippen LogP contribution in [0, 0.1) is 0 Å². The molecule has 7 heteroatoms. The summed E-state index contributed by atoms with van der Waals surface area (Å²) >= 11 is 0. The monoisotopic (exact) mass is 376 g/mol. The van der Waals surface area contributed by atoms with E-state index in [1.165, 1.54) is 29.5 Å². The highest BCUT2D eigenvalue weighted by Gasteiger charge is 2.42. The van der Waals surface area contributed by atoms with Crippen molar-refractivity contribution in [2.75, 3.05) is 7.11 Å². The van der Waals surface area contributed by atoms with E-state index in [-0.39, 0.29) is 5.41 Å². The normalized spacial score (nSPS) is 15.1. The number of fused-ring (bicyclic) bond motifs is 1. The van der Waals surface area contributed by atoms with Crippen molar-refractivity contribution in [2.45, 2.75) is 31.6 Å². The number of aromatic nitrogens is 4. The summed E-state index contributed by atoms with van der Waals surface area (Å²) in [6, 6.07) is 11.8. The number of nitrogens with zero attached hydrogens (tertiary/aromatic N) is 2. The van der Waals surface area contributed by atoms with Crippen LogP contribution in [0.5, 0.6) is 5.75 Å². The lowest BCUT2D eigenvalue weighted by atomic mass is 9.96. The molecule has 142 valence electrons. The maximum absolute atomic E-state index is 11.2. The highest BCUT2D eigenvalue weighted by Crippen LogP contribution is 2.50. The molecule has 1 aromatic carbocycles. The first kappa shape index (κ1) is 16.8. The minimum atomic E-state index is -0.586. The molecule has 0 amide bonds. The van der Waals surface area contributed by atoms with Crippen molar-refractivity contribution in [1.82, 2.24) is 20.1 Å². The molecule has 0 bridgehead atoms. The second-order valence-corrected chi connectivity index (χ2v) is 7.59. The number of H-pyrrole nitrogens is 2. The minimum absolute atomic E-state index is 0.191. The molecule has 3 aromatic heterocycles. The van der Waals surface area contributed by atoms with E-state index in [0.717, 1.165) is 17.0 Å². The van der Waals surface area contributed by atoms with Gasteiger partial charge in [-0.15, -0.1) is 0 Å². The van der Waals surface area contributed by atoms with Crippen molar-refractivity contribution >= 4 is 10.9 Å². The summed E-state index contributed by atoms with van der Waals surface area (Å²) in [6.45, 7) is 2.29. The molecule has 0 unspecified atom stereocenters. The SMILES string of the molecule is COc1ccc2c(Cc3cccc(-c4noc(=O)[nH]4)n3)c(C3(C)CC3)[nH]c2c1. The second-order valence-electron chi connectivity index (χ2n) is 7.59. The summed E-state index contributed by atoms with van der Waals surface area (Å²) in [5.41, 5.74) is 5.30. The number of hydrogen-bond donors (Lipinski definition) is 2. The van der Waals surface area contributed by atoms with Gasteiger partial charge in [-0.05, 0) is 42.7 Å². The first-order valence-corrected chi connectivity index (χ1v) is 9.27. The molecule has 0 spiro atoms. The van der Waals surface area contributed by atoms with Crippen LogP contribution in [0.2, 0.25) is 0 Å². The zero-order valence-electron chi connectivity index (χ0n) is 15.7. The van der Waals surface area contributed by atoms with E-state index in [9.17, 15) is 4.79 Å². The van der Waals surface area contributed by atoms with E-state index in [1.807, 2.05) is 24.3 Å². The Morgan fingerprint density at radius 1 is 1.21 bits per heavy atom. The van der Waals surface area contributed by atoms with Gasteiger partial charge in [0.25, 0.3) is 0 Å². The van der Waals surface area contributed by atoms with Gasteiger partial charge in [-0.1, -0.05) is 18.1 Å². The molecule has 28 heavy (non-hydrogen) atoms. The Kier molecular flexibility index (Phi) is 3.65. The van der Waals surface area contributed by atoms with E-state index < -0.39 is 5.76 Å². The molecular weight excluding hydrogens is 356 g/mol. The van der Waals surface area contributed by atoms with Gasteiger partial charge in [-0.25, -0.2) is 9.78 Å². The number of aromatic amines is 2. The molecule has 4 aromatic rings. The Balaban J connectivity index is 1.59. The number of benzene rings is 1. The summed E-state index contributed by atoms with van der Waals surface area (Å²) in [4.78, 5) is 22.1. The van der Waals surface area contributed by atoms with Crippen LogP contribution in [-0.2, 0) is 11.8 Å². The lowest BCUT2D eigenvalue weighted by molar-refractivity contribution is 0.387. The highest BCUT2D eigenvalue weighted by molar-refractivity contribution is 5.87. The lowest BCUT2D eigenvalue weighted by Crippen LogP contribution is -2.05. The van der Waals surface area contributed by atoms with Crippen LogP contribution in [0.25, 0.3) is 22.4 Å². The fraction of sp³-hybridized carbons (Fsp3) is 0.286. The third-order valence-electron chi connectivity index (χ3n) is 5.56. The molecule has 3 heterocycles. The third-order valence-corrected chi connectivity index (χ3v) is 5.56. The van der Waals surface area contributed by atoms with Crippen molar-refractivity contribution in [3.8, 4) is 17.3 Å². The summed E-state index contributed by atoms with van der Waals surface area (Å²) in [7, 11) is 1.68. The molecule has 1 aliphatic carbocycles. The van der Waals surface area contributed by atoms with Crippen LogP contribution in [0.1, 0.15) is 36.7 Å². The Morgan fingerprint density at radius 3 is 2.79 bits per heavy atom. The predicted molar refractivity (Wildman–Crippen MR) is 105 cm³/mol. The number of nitrogens with one attached hydrogen (secondary N) is 2. The topological polar surface area (TPSA) is 96.8 Å². The minimum Gasteiger partial charge on any atom is -0.497 e. The number of hydrogen-bond acceptors (Lipinski definition) is 5. The quantitative estimate of drug-likeness (QED) is 0.555. The van der Waals surface area contributed by atoms with Crippen molar-refractivity contribution in [2.24, 2.45) is 0 Å². The molecule has 1 saturated carbocycles. The molecule has 7 nitrogen and oxygen atoms in total. The second kappa shape index (κ2) is 6.09. The van der Waals surface area contributed by atoms with Gasteiger partial charge in [0.05, 0.1) is 7.11 Å². The van der Waals surface area contributed by atoms with E-state index in [0.29, 0.717) is 17.9 Å².